The van der Waals surface area contributed by atoms with Crippen LogP contribution in [-0.2, 0) is 9.59 Å². The fraction of sp³-hybridized carbons (Fsp3) is 0.500. The first kappa shape index (κ1) is 16.3. The topological polar surface area (TPSA) is 75.6 Å². The number of halogens is 1. The molecule has 1 aromatic rings. The molecule has 0 bridgehead atoms. The van der Waals surface area contributed by atoms with Crippen LogP contribution in [0.15, 0.2) is 24.3 Å². The summed E-state index contributed by atoms with van der Waals surface area (Å²) in [5.41, 5.74) is 0. The molecule has 1 aliphatic carbocycles. The van der Waals surface area contributed by atoms with Gasteiger partial charge in [-0.2, -0.15) is 0 Å². The molecule has 0 aliphatic heterocycles. The smallest absolute Gasteiger partial charge is 0.346 e. The number of carbonyl (C=O) groups excluding carboxylic acids is 1. The van der Waals surface area contributed by atoms with Crippen LogP contribution in [0, 0.1) is 11.7 Å². The number of benzene rings is 1. The Morgan fingerprint density at radius 2 is 2.00 bits per heavy atom. The van der Waals surface area contributed by atoms with Gasteiger partial charge in [-0.05, 0) is 36.6 Å². The van der Waals surface area contributed by atoms with Crippen molar-refractivity contribution in [2.75, 3.05) is 6.54 Å². The van der Waals surface area contributed by atoms with Gasteiger partial charge in [-0.25, -0.2) is 9.18 Å². The largest absolute Gasteiger partial charge is 0.478 e. The van der Waals surface area contributed by atoms with Crippen LogP contribution >= 0.6 is 0 Å². The van der Waals surface area contributed by atoms with E-state index in [1.54, 1.807) is 0 Å². The highest BCUT2D eigenvalue weighted by molar-refractivity contribution is 5.78. The van der Waals surface area contributed by atoms with Gasteiger partial charge < -0.3 is 15.2 Å². The number of carbonyl (C=O) groups is 2. The van der Waals surface area contributed by atoms with Gasteiger partial charge in [0.25, 0.3) is 0 Å². The number of carboxylic acid groups (broad SMARTS) is 1. The average molecular weight is 309 g/mol. The zero-order valence-electron chi connectivity index (χ0n) is 12.3. The van der Waals surface area contributed by atoms with E-state index in [9.17, 15) is 14.0 Å². The first-order valence-corrected chi connectivity index (χ1v) is 7.46. The Morgan fingerprint density at radius 1 is 1.32 bits per heavy atom. The Hall–Kier alpha value is -2.11. The Bertz CT molecular complexity index is 513. The zero-order valence-corrected chi connectivity index (χ0v) is 12.3. The van der Waals surface area contributed by atoms with Crippen molar-refractivity contribution in [3.63, 3.8) is 0 Å². The fourth-order valence-electron chi connectivity index (χ4n) is 2.27. The van der Waals surface area contributed by atoms with Crippen LogP contribution in [0.25, 0.3) is 0 Å². The lowest BCUT2D eigenvalue weighted by Crippen LogP contribution is -2.40. The molecule has 1 aliphatic rings. The highest BCUT2D eigenvalue weighted by Gasteiger charge is 2.22. The third-order valence-electron chi connectivity index (χ3n) is 3.86. The summed E-state index contributed by atoms with van der Waals surface area (Å²) in [5, 5.41) is 11.7. The molecule has 0 heterocycles. The van der Waals surface area contributed by atoms with Gasteiger partial charge in [0.2, 0.25) is 12.0 Å². The number of ether oxygens (including phenoxy) is 1. The second kappa shape index (κ2) is 7.77. The van der Waals surface area contributed by atoms with Gasteiger partial charge in [0.05, 0.1) is 6.54 Å². The minimum absolute atomic E-state index is 0.115. The van der Waals surface area contributed by atoms with E-state index in [-0.39, 0.29) is 18.2 Å². The molecule has 1 amide bonds. The number of nitrogens with one attached hydrogen (secondary N) is 1. The molecule has 0 saturated heterocycles. The van der Waals surface area contributed by atoms with Crippen molar-refractivity contribution >= 4 is 11.9 Å². The minimum atomic E-state index is -1.20. The van der Waals surface area contributed by atoms with Crippen LogP contribution in [0.4, 0.5) is 4.39 Å². The molecule has 120 valence electrons. The number of amides is 1. The number of rotatable bonds is 8. The van der Waals surface area contributed by atoms with Crippen molar-refractivity contribution < 1.29 is 23.8 Å². The van der Waals surface area contributed by atoms with Crippen LogP contribution in [0.5, 0.6) is 5.75 Å². The van der Waals surface area contributed by atoms with Gasteiger partial charge in [0, 0.05) is 6.42 Å². The van der Waals surface area contributed by atoms with E-state index in [1.807, 2.05) is 0 Å². The average Bonchev–Trinajstić information content (AvgIpc) is 2.43. The molecule has 1 fully saturated rings. The summed E-state index contributed by atoms with van der Waals surface area (Å²) in [4.78, 5) is 22.9. The third kappa shape index (κ3) is 5.02. The van der Waals surface area contributed by atoms with Crippen molar-refractivity contribution in [1.29, 1.82) is 0 Å². The predicted molar refractivity (Wildman–Crippen MR) is 78.0 cm³/mol. The molecule has 0 aromatic heterocycles. The SMILES string of the molecule is O=C(CCC1CCC1)NCC(Oc1ccc(F)cc1)C(=O)O. The van der Waals surface area contributed by atoms with Gasteiger partial charge >= 0.3 is 5.97 Å². The van der Waals surface area contributed by atoms with Crippen LogP contribution in [0.3, 0.4) is 0 Å². The quantitative estimate of drug-likeness (QED) is 0.773. The molecule has 2 N–H and O–H groups in total. The molecule has 0 spiro atoms. The first-order valence-electron chi connectivity index (χ1n) is 7.46. The molecule has 1 unspecified atom stereocenters. The molecular formula is C16H20FNO4. The fourth-order valence-corrected chi connectivity index (χ4v) is 2.27. The molecule has 1 saturated carbocycles. The van der Waals surface area contributed by atoms with Gasteiger partial charge in [0.15, 0.2) is 0 Å². The van der Waals surface area contributed by atoms with Gasteiger partial charge in [-0.3, -0.25) is 4.79 Å². The molecule has 6 heteroatoms. The number of aliphatic carboxylic acids is 1. The van der Waals surface area contributed by atoms with E-state index in [2.05, 4.69) is 5.32 Å². The lowest BCUT2D eigenvalue weighted by molar-refractivity contribution is -0.145. The molecule has 2 rings (SSSR count). The maximum Gasteiger partial charge on any atom is 0.346 e. The highest BCUT2D eigenvalue weighted by Crippen LogP contribution is 2.30. The zero-order chi connectivity index (χ0) is 15.9. The van der Waals surface area contributed by atoms with Crippen molar-refractivity contribution in [2.45, 2.75) is 38.2 Å². The molecule has 0 radical (unpaired) electrons. The van der Waals surface area contributed by atoms with Gasteiger partial charge in [0.1, 0.15) is 11.6 Å². The summed E-state index contributed by atoms with van der Waals surface area (Å²) in [7, 11) is 0. The number of carboxylic acids is 1. The van der Waals surface area contributed by atoms with Crippen LogP contribution in [0.2, 0.25) is 0 Å². The maximum absolute atomic E-state index is 12.8. The number of hydrogen-bond acceptors (Lipinski definition) is 3. The van der Waals surface area contributed by atoms with E-state index in [0.29, 0.717) is 12.3 Å². The monoisotopic (exact) mass is 309 g/mol. The maximum atomic E-state index is 12.8. The van der Waals surface area contributed by atoms with Crippen LogP contribution < -0.4 is 10.1 Å². The summed E-state index contributed by atoms with van der Waals surface area (Å²) in [5.74, 6) is -0.887. The lowest BCUT2D eigenvalue weighted by Gasteiger charge is -2.24. The van der Waals surface area contributed by atoms with Gasteiger partial charge in [-0.15, -0.1) is 0 Å². The predicted octanol–water partition coefficient (Wildman–Crippen LogP) is 2.35. The van der Waals surface area contributed by atoms with E-state index in [1.165, 1.54) is 43.5 Å². The Morgan fingerprint density at radius 3 is 2.55 bits per heavy atom. The normalized spacial score (nSPS) is 15.7. The van der Waals surface area contributed by atoms with Crippen molar-refractivity contribution in [3.8, 4) is 5.75 Å². The Kier molecular flexibility index (Phi) is 5.75. The second-order valence-corrected chi connectivity index (χ2v) is 5.54. The summed E-state index contributed by atoms with van der Waals surface area (Å²) in [6.07, 6.45) is 3.66. The molecule has 1 aromatic carbocycles. The van der Waals surface area contributed by atoms with Gasteiger partial charge in [-0.1, -0.05) is 19.3 Å². The third-order valence-corrected chi connectivity index (χ3v) is 3.86. The Labute approximate surface area is 128 Å². The van der Waals surface area contributed by atoms with Crippen molar-refractivity contribution in [2.24, 2.45) is 5.92 Å². The highest BCUT2D eigenvalue weighted by atomic mass is 19.1. The van der Waals surface area contributed by atoms with E-state index >= 15 is 0 Å². The molecule has 1 atom stereocenters. The number of hydrogen-bond donors (Lipinski definition) is 2. The minimum Gasteiger partial charge on any atom is -0.478 e. The van der Waals surface area contributed by atoms with Crippen LogP contribution in [-0.4, -0.2) is 29.6 Å². The molecule has 5 nitrogen and oxygen atoms in total. The summed E-state index contributed by atoms with van der Waals surface area (Å²) in [6, 6.07) is 5.07. The first-order chi connectivity index (χ1) is 10.5. The standard InChI is InChI=1S/C16H20FNO4/c17-12-5-7-13(8-6-12)22-14(16(20)21)10-18-15(19)9-4-11-2-1-3-11/h5-8,11,14H,1-4,9-10H2,(H,18,19)(H,20,21). The summed E-state index contributed by atoms with van der Waals surface area (Å²) >= 11 is 0. The van der Waals surface area contributed by atoms with Crippen LogP contribution in [0.1, 0.15) is 32.1 Å². The lowest BCUT2D eigenvalue weighted by atomic mass is 9.82. The van der Waals surface area contributed by atoms with E-state index in [4.69, 9.17) is 9.84 Å². The second-order valence-electron chi connectivity index (χ2n) is 5.54. The Balaban J connectivity index is 1.76. The van der Waals surface area contributed by atoms with E-state index < -0.39 is 17.9 Å². The summed E-state index contributed by atoms with van der Waals surface area (Å²) in [6.45, 7) is -0.115. The molecular weight excluding hydrogens is 289 g/mol. The van der Waals surface area contributed by atoms with Crippen molar-refractivity contribution in [3.05, 3.63) is 30.1 Å². The molecule has 22 heavy (non-hydrogen) atoms. The van der Waals surface area contributed by atoms with E-state index in [0.717, 1.165) is 6.42 Å². The van der Waals surface area contributed by atoms with Crippen molar-refractivity contribution in [1.82, 2.24) is 5.32 Å². The summed E-state index contributed by atoms with van der Waals surface area (Å²) < 4.78 is 18.0.